The van der Waals surface area contributed by atoms with E-state index < -0.39 is 0 Å². The van der Waals surface area contributed by atoms with E-state index in [-0.39, 0.29) is 17.7 Å². The highest BCUT2D eigenvalue weighted by molar-refractivity contribution is 5.79. The maximum Gasteiger partial charge on any atom is 0.203 e. The molecule has 1 heterocycles. The molecule has 170 valence electrons. The summed E-state index contributed by atoms with van der Waals surface area (Å²) < 4.78 is 22.1. The van der Waals surface area contributed by atoms with Crippen LogP contribution in [0.5, 0.6) is 17.2 Å². The number of nitrogens with zero attached hydrogens (tertiary/aromatic N) is 2. The van der Waals surface area contributed by atoms with Crippen LogP contribution in [0.1, 0.15) is 33.3 Å². The standard InChI is InChI=1S/C22H38N4O4/c1-15-12-26(13-16(2)30-15)22(3,4)14-25-21(23-5)24-11-17-9-18(27-6)20(29-8)19(10-17)28-7/h9-10,15-16H,11-14H2,1-8H3,(H2,23,24,25). The predicted octanol–water partition coefficient (Wildman–Crippen LogP) is 2.27. The first-order valence-electron chi connectivity index (χ1n) is 10.4. The molecule has 8 heteroatoms. The van der Waals surface area contributed by atoms with E-state index in [2.05, 4.69) is 48.2 Å². The van der Waals surface area contributed by atoms with Crippen molar-refractivity contribution in [1.82, 2.24) is 15.5 Å². The zero-order valence-electron chi connectivity index (χ0n) is 19.7. The van der Waals surface area contributed by atoms with E-state index in [0.29, 0.717) is 23.8 Å². The van der Waals surface area contributed by atoms with Crippen LogP contribution >= 0.6 is 0 Å². The van der Waals surface area contributed by atoms with Gasteiger partial charge in [0, 0.05) is 38.8 Å². The number of rotatable bonds is 8. The van der Waals surface area contributed by atoms with Gasteiger partial charge in [0.05, 0.1) is 33.5 Å². The molecule has 2 unspecified atom stereocenters. The largest absolute Gasteiger partial charge is 0.493 e. The summed E-state index contributed by atoms with van der Waals surface area (Å²) in [5.74, 6) is 2.59. The van der Waals surface area contributed by atoms with Crippen LogP contribution in [0.15, 0.2) is 17.1 Å². The molecule has 2 N–H and O–H groups in total. The molecular formula is C22H38N4O4. The zero-order chi connectivity index (χ0) is 22.3. The van der Waals surface area contributed by atoms with Gasteiger partial charge in [0.25, 0.3) is 0 Å². The minimum absolute atomic E-state index is 0.0313. The smallest absolute Gasteiger partial charge is 0.203 e. The third-order valence-corrected chi connectivity index (χ3v) is 5.37. The molecule has 1 saturated heterocycles. The Morgan fingerprint density at radius 3 is 2.10 bits per heavy atom. The van der Waals surface area contributed by atoms with Gasteiger partial charge in [0.15, 0.2) is 17.5 Å². The molecule has 30 heavy (non-hydrogen) atoms. The number of nitrogens with one attached hydrogen (secondary N) is 2. The van der Waals surface area contributed by atoms with Crippen molar-refractivity contribution in [3.8, 4) is 17.2 Å². The Morgan fingerprint density at radius 2 is 1.63 bits per heavy atom. The molecule has 1 aromatic rings. The lowest BCUT2D eigenvalue weighted by molar-refractivity contribution is -0.0946. The second-order valence-corrected chi connectivity index (χ2v) is 8.29. The number of aliphatic imine (C=N–C) groups is 1. The molecule has 0 aromatic heterocycles. The van der Waals surface area contributed by atoms with Gasteiger partial charge in [-0.05, 0) is 45.4 Å². The van der Waals surface area contributed by atoms with Crippen LogP contribution in [0.25, 0.3) is 0 Å². The fourth-order valence-corrected chi connectivity index (χ4v) is 3.73. The van der Waals surface area contributed by atoms with Crippen molar-refractivity contribution in [3.05, 3.63) is 17.7 Å². The summed E-state index contributed by atoms with van der Waals surface area (Å²) in [6.07, 6.45) is 0.482. The van der Waals surface area contributed by atoms with E-state index in [1.807, 2.05) is 12.1 Å². The van der Waals surface area contributed by atoms with Crippen molar-refractivity contribution >= 4 is 5.96 Å². The Balaban J connectivity index is 1.98. The third kappa shape index (κ3) is 6.15. The fourth-order valence-electron chi connectivity index (χ4n) is 3.73. The van der Waals surface area contributed by atoms with Crippen molar-refractivity contribution in [2.75, 3.05) is 48.0 Å². The minimum Gasteiger partial charge on any atom is -0.493 e. The number of morpholine rings is 1. The Morgan fingerprint density at radius 1 is 1.07 bits per heavy atom. The highest BCUT2D eigenvalue weighted by Gasteiger charge is 2.33. The Labute approximate surface area is 180 Å². The summed E-state index contributed by atoms with van der Waals surface area (Å²) in [6, 6.07) is 3.87. The summed E-state index contributed by atoms with van der Waals surface area (Å²) in [5, 5.41) is 6.82. The first-order valence-corrected chi connectivity index (χ1v) is 10.4. The maximum atomic E-state index is 5.87. The van der Waals surface area contributed by atoms with Gasteiger partial charge < -0.3 is 29.6 Å². The SMILES string of the molecule is CN=C(NCc1cc(OC)c(OC)c(OC)c1)NCC(C)(C)N1CC(C)OC(C)C1. The van der Waals surface area contributed by atoms with Crippen LogP contribution in [0, 0.1) is 0 Å². The van der Waals surface area contributed by atoms with Crippen molar-refractivity contribution in [2.45, 2.75) is 52.0 Å². The average molecular weight is 423 g/mol. The van der Waals surface area contributed by atoms with Gasteiger partial charge >= 0.3 is 0 Å². The Kier molecular flexibility index (Phi) is 8.61. The molecule has 0 bridgehead atoms. The number of hydrogen-bond acceptors (Lipinski definition) is 6. The zero-order valence-corrected chi connectivity index (χ0v) is 19.7. The predicted molar refractivity (Wildman–Crippen MR) is 120 cm³/mol. The van der Waals surface area contributed by atoms with Gasteiger partial charge in [-0.15, -0.1) is 0 Å². The molecule has 0 amide bonds. The van der Waals surface area contributed by atoms with Gasteiger partial charge in [-0.3, -0.25) is 9.89 Å². The molecule has 2 atom stereocenters. The summed E-state index contributed by atoms with van der Waals surface area (Å²) in [7, 11) is 6.60. The van der Waals surface area contributed by atoms with Crippen LogP contribution in [0.4, 0.5) is 0 Å². The maximum absolute atomic E-state index is 5.87. The summed E-state index contributed by atoms with van der Waals surface area (Å²) in [6.45, 7) is 11.9. The lowest BCUT2D eigenvalue weighted by Gasteiger charge is -2.45. The van der Waals surface area contributed by atoms with Gasteiger partial charge in [-0.25, -0.2) is 0 Å². The summed E-state index contributed by atoms with van der Waals surface area (Å²) >= 11 is 0. The van der Waals surface area contributed by atoms with E-state index in [1.54, 1.807) is 28.4 Å². The summed E-state index contributed by atoms with van der Waals surface area (Å²) in [4.78, 5) is 6.84. The van der Waals surface area contributed by atoms with Gasteiger partial charge in [-0.2, -0.15) is 0 Å². The van der Waals surface area contributed by atoms with Gasteiger partial charge in [0.1, 0.15) is 0 Å². The lowest BCUT2D eigenvalue weighted by Crippen LogP contribution is -2.59. The molecular weight excluding hydrogens is 384 g/mol. The molecule has 8 nitrogen and oxygen atoms in total. The molecule has 0 radical (unpaired) electrons. The molecule has 1 aromatic carbocycles. The molecule has 1 aliphatic rings. The highest BCUT2D eigenvalue weighted by atomic mass is 16.5. The van der Waals surface area contributed by atoms with Crippen molar-refractivity contribution < 1.29 is 18.9 Å². The van der Waals surface area contributed by atoms with E-state index in [0.717, 1.165) is 31.2 Å². The van der Waals surface area contributed by atoms with Gasteiger partial charge in [0.2, 0.25) is 5.75 Å². The molecule has 2 rings (SSSR count). The number of ether oxygens (including phenoxy) is 4. The second kappa shape index (κ2) is 10.7. The topological polar surface area (TPSA) is 76.6 Å². The number of hydrogen-bond donors (Lipinski definition) is 2. The van der Waals surface area contributed by atoms with Crippen LogP contribution < -0.4 is 24.8 Å². The van der Waals surface area contributed by atoms with Crippen LogP contribution in [0.3, 0.4) is 0 Å². The van der Waals surface area contributed by atoms with Crippen molar-refractivity contribution in [3.63, 3.8) is 0 Å². The molecule has 0 spiro atoms. The number of guanidine groups is 1. The third-order valence-electron chi connectivity index (χ3n) is 5.37. The minimum atomic E-state index is -0.0313. The van der Waals surface area contributed by atoms with E-state index >= 15 is 0 Å². The molecule has 0 aliphatic carbocycles. The average Bonchev–Trinajstić information content (AvgIpc) is 2.72. The molecule has 1 aliphatic heterocycles. The number of methoxy groups -OCH3 is 3. The van der Waals surface area contributed by atoms with Crippen molar-refractivity contribution in [1.29, 1.82) is 0 Å². The Bertz CT molecular complexity index is 688. The molecule has 0 saturated carbocycles. The summed E-state index contributed by atoms with van der Waals surface area (Å²) in [5.41, 5.74) is 0.971. The van der Waals surface area contributed by atoms with E-state index in [1.165, 1.54) is 0 Å². The first-order chi connectivity index (χ1) is 14.2. The quantitative estimate of drug-likeness (QED) is 0.492. The van der Waals surface area contributed by atoms with Gasteiger partial charge in [-0.1, -0.05) is 0 Å². The fraction of sp³-hybridized carbons (Fsp3) is 0.682. The Hall–Kier alpha value is -2.19. The first kappa shape index (κ1) is 24.1. The normalized spacial score (nSPS) is 20.6. The van der Waals surface area contributed by atoms with E-state index in [4.69, 9.17) is 18.9 Å². The van der Waals surface area contributed by atoms with Crippen LogP contribution in [-0.4, -0.2) is 76.6 Å². The molecule has 1 fully saturated rings. The van der Waals surface area contributed by atoms with E-state index in [9.17, 15) is 0 Å². The van der Waals surface area contributed by atoms with Crippen LogP contribution in [0.2, 0.25) is 0 Å². The number of benzene rings is 1. The van der Waals surface area contributed by atoms with Crippen LogP contribution in [-0.2, 0) is 11.3 Å². The second-order valence-electron chi connectivity index (χ2n) is 8.29. The monoisotopic (exact) mass is 422 g/mol. The van der Waals surface area contributed by atoms with Crippen molar-refractivity contribution in [2.24, 2.45) is 4.99 Å². The lowest BCUT2D eigenvalue weighted by atomic mass is 10.00. The highest BCUT2D eigenvalue weighted by Crippen LogP contribution is 2.38.